The lowest BCUT2D eigenvalue weighted by molar-refractivity contribution is -0.160. The number of carboxylic acids is 1. The second-order valence-electron chi connectivity index (χ2n) is 4.34. The normalized spacial score (nSPS) is 28.2. The zero-order valence-corrected chi connectivity index (χ0v) is 11.4. The maximum Gasteiger partial charge on any atom is 0.397 e. The van der Waals surface area contributed by atoms with Crippen molar-refractivity contribution < 1.29 is 31.8 Å². The smallest absolute Gasteiger partial charge is 0.397 e. The van der Waals surface area contributed by atoms with Gasteiger partial charge in [-0.15, -0.1) is 12.6 Å². The summed E-state index contributed by atoms with van der Waals surface area (Å²) in [7, 11) is -4.66. The largest absolute Gasteiger partial charge is 0.477 e. The summed E-state index contributed by atoms with van der Waals surface area (Å²) in [5.74, 6) is -2.63. The van der Waals surface area contributed by atoms with Crippen LogP contribution in [0.25, 0.3) is 0 Å². The van der Waals surface area contributed by atoms with E-state index in [1.54, 1.807) is 0 Å². The molecule has 0 aliphatic carbocycles. The molecule has 106 valence electrons. The number of fused-ring (bicyclic) bond motifs is 1. The van der Waals surface area contributed by atoms with Crippen LogP contribution in [0.2, 0.25) is 0 Å². The Labute approximate surface area is 114 Å². The minimum Gasteiger partial charge on any atom is -0.477 e. The van der Waals surface area contributed by atoms with Gasteiger partial charge >= 0.3 is 16.4 Å². The topological polar surface area (TPSA) is 121 Å². The maximum atomic E-state index is 11.9. The van der Waals surface area contributed by atoms with Crippen LogP contribution < -0.4 is 0 Å². The van der Waals surface area contributed by atoms with Crippen molar-refractivity contribution in [3.8, 4) is 0 Å². The van der Waals surface area contributed by atoms with E-state index in [1.807, 2.05) is 0 Å². The fourth-order valence-electron chi connectivity index (χ4n) is 2.49. The first-order chi connectivity index (χ1) is 8.63. The van der Waals surface area contributed by atoms with Crippen molar-refractivity contribution in [2.45, 2.75) is 25.5 Å². The standard InChI is InChI=1S/C9H11NO7S2/c1-3(17-19(14,15)16)6-4-2-5(18)7(9(12)13)10(4)8(6)11/h3-4,6,18H,2H2,1H3,(H,12,13)(H,14,15,16)/t3-,4+,6-/m0/s1. The Hall–Kier alpha value is -1.10. The molecule has 0 bridgehead atoms. The van der Waals surface area contributed by atoms with Crippen molar-refractivity contribution in [1.29, 1.82) is 0 Å². The summed E-state index contributed by atoms with van der Waals surface area (Å²) >= 11 is 4.02. The minimum absolute atomic E-state index is 0.186. The van der Waals surface area contributed by atoms with Gasteiger partial charge in [0.25, 0.3) is 0 Å². The highest BCUT2D eigenvalue weighted by Crippen LogP contribution is 2.45. The van der Waals surface area contributed by atoms with E-state index in [0.717, 1.165) is 4.90 Å². The predicted octanol–water partition coefficient (Wildman–Crippen LogP) is -0.349. The van der Waals surface area contributed by atoms with Crippen molar-refractivity contribution in [3.05, 3.63) is 10.6 Å². The number of amides is 1. The molecule has 0 unspecified atom stereocenters. The lowest BCUT2D eigenvalue weighted by Crippen LogP contribution is -2.62. The lowest BCUT2D eigenvalue weighted by atomic mass is 9.83. The Morgan fingerprint density at radius 3 is 2.63 bits per heavy atom. The van der Waals surface area contributed by atoms with Crippen LogP contribution in [0.3, 0.4) is 0 Å². The fourth-order valence-corrected chi connectivity index (χ4v) is 3.38. The molecule has 0 spiro atoms. The third-order valence-electron chi connectivity index (χ3n) is 3.17. The molecule has 8 nitrogen and oxygen atoms in total. The quantitative estimate of drug-likeness (QED) is 0.369. The van der Waals surface area contributed by atoms with Crippen LogP contribution >= 0.6 is 12.6 Å². The van der Waals surface area contributed by atoms with Crippen LogP contribution in [-0.4, -0.2) is 47.0 Å². The molecule has 2 heterocycles. The highest BCUT2D eigenvalue weighted by atomic mass is 32.3. The summed E-state index contributed by atoms with van der Waals surface area (Å²) in [6.07, 6.45) is -0.849. The first-order valence-corrected chi connectivity index (χ1v) is 7.09. The molecule has 0 aromatic rings. The third kappa shape index (κ3) is 2.36. The summed E-state index contributed by atoms with van der Waals surface area (Å²) in [5, 5.41) is 8.97. The average molecular weight is 309 g/mol. The number of nitrogens with zero attached hydrogens (tertiary/aromatic N) is 1. The number of carbonyl (C=O) groups is 2. The van der Waals surface area contributed by atoms with E-state index in [9.17, 15) is 18.0 Å². The highest BCUT2D eigenvalue weighted by molar-refractivity contribution is 7.84. The third-order valence-corrected chi connectivity index (χ3v) is 4.11. The molecule has 0 aromatic heterocycles. The molecular weight excluding hydrogens is 298 g/mol. The van der Waals surface area contributed by atoms with Gasteiger partial charge in [0, 0.05) is 11.3 Å². The Balaban J connectivity index is 2.17. The van der Waals surface area contributed by atoms with E-state index < -0.39 is 40.3 Å². The molecule has 2 aliphatic rings. The Kier molecular flexibility index (Phi) is 3.37. The monoisotopic (exact) mass is 309 g/mol. The zero-order chi connectivity index (χ0) is 14.5. The first kappa shape index (κ1) is 14.3. The maximum absolute atomic E-state index is 11.9. The molecular formula is C9H11NO7S2. The van der Waals surface area contributed by atoms with E-state index in [0.29, 0.717) is 0 Å². The number of aliphatic carboxylic acids is 1. The molecule has 2 rings (SSSR count). The number of β-lactam (4-membered cyclic amide) rings is 1. The SMILES string of the molecule is C[C@H](OS(=O)(=O)O)[C@@H]1C(=O)N2C(C(=O)O)=C(S)C[C@H]12. The van der Waals surface area contributed by atoms with Crippen LogP contribution in [0.5, 0.6) is 0 Å². The molecule has 1 amide bonds. The number of rotatable bonds is 4. The molecule has 19 heavy (non-hydrogen) atoms. The Morgan fingerprint density at radius 1 is 1.58 bits per heavy atom. The number of hydrogen-bond acceptors (Lipinski definition) is 6. The Bertz CT molecular complexity index is 581. The van der Waals surface area contributed by atoms with Gasteiger partial charge in [-0.2, -0.15) is 8.42 Å². The second kappa shape index (κ2) is 4.47. The molecule has 3 atom stereocenters. The molecule has 0 saturated carbocycles. The molecule has 0 radical (unpaired) electrons. The summed E-state index contributed by atoms with van der Waals surface area (Å²) in [6.45, 7) is 1.32. The minimum atomic E-state index is -4.66. The van der Waals surface area contributed by atoms with Crippen LogP contribution in [0.1, 0.15) is 13.3 Å². The van der Waals surface area contributed by atoms with Crippen molar-refractivity contribution in [3.63, 3.8) is 0 Å². The van der Waals surface area contributed by atoms with Gasteiger partial charge in [0.15, 0.2) is 0 Å². The van der Waals surface area contributed by atoms with Gasteiger partial charge < -0.3 is 10.0 Å². The van der Waals surface area contributed by atoms with Crippen LogP contribution in [0.4, 0.5) is 0 Å². The highest BCUT2D eigenvalue weighted by Gasteiger charge is 2.57. The number of hydrogen-bond donors (Lipinski definition) is 3. The zero-order valence-electron chi connectivity index (χ0n) is 9.68. The van der Waals surface area contributed by atoms with Crippen molar-refractivity contribution in [2.24, 2.45) is 5.92 Å². The van der Waals surface area contributed by atoms with Crippen molar-refractivity contribution >= 4 is 34.9 Å². The average Bonchev–Trinajstić information content (AvgIpc) is 2.49. The van der Waals surface area contributed by atoms with Crippen molar-refractivity contribution in [1.82, 2.24) is 4.90 Å². The molecule has 2 aliphatic heterocycles. The number of carboxylic acid groups (broad SMARTS) is 1. The summed E-state index contributed by atoms with van der Waals surface area (Å²) < 4.78 is 34.1. The molecule has 0 aromatic carbocycles. The lowest BCUT2D eigenvalue weighted by Gasteiger charge is -2.45. The van der Waals surface area contributed by atoms with Gasteiger partial charge in [-0.3, -0.25) is 9.35 Å². The van der Waals surface area contributed by atoms with E-state index in [1.165, 1.54) is 6.92 Å². The van der Waals surface area contributed by atoms with E-state index in [2.05, 4.69) is 16.8 Å². The van der Waals surface area contributed by atoms with Crippen molar-refractivity contribution in [2.75, 3.05) is 0 Å². The van der Waals surface area contributed by atoms with Gasteiger partial charge in [-0.05, 0) is 6.92 Å². The van der Waals surface area contributed by atoms with E-state index in [-0.39, 0.29) is 17.0 Å². The second-order valence-corrected chi connectivity index (χ2v) is 5.92. The summed E-state index contributed by atoms with van der Waals surface area (Å²) in [4.78, 5) is 24.2. The Morgan fingerprint density at radius 2 is 2.16 bits per heavy atom. The van der Waals surface area contributed by atoms with E-state index in [4.69, 9.17) is 9.66 Å². The van der Waals surface area contributed by atoms with Gasteiger partial charge in [-0.25, -0.2) is 8.98 Å². The summed E-state index contributed by atoms with van der Waals surface area (Å²) in [5.41, 5.74) is -0.186. The number of thiol groups is 1. The van der Waals surface area contributed by atoms with Gasteiger partial charge in [0.2, 0.25) is 5.91 Å². The predicted molar refractivity (Wildman–Crippen MR) is 64.5 cm³/mol. The molecule has 1 saturated heterocycles. The molecule has 10 heteroatoms. The van der Waals surface area contributed by atoms with Crippen LogP contribution in [0, 0.1) is 5.92 Å². The van der Waals surface area contributed by atoms with Gasteiger partial charge in [0.05, 0.1) is 18.1 Å². The van der Waals surface area contributed by atoms with E-state index >= 15 is 0 Å². The van der Waals surface area contributed by atoms with Crippen LogP contribution in [0.15, 0.2) is 10.6 Å². The molecule has 1 fully saturated rings. The number of carbonyl (C=O) groups excluding carboxylic acids is 1. The molecule has 2 N–H and O–H groups in total. The fraction of sp³-hybridized carbons (Fsp3) is 0.556. The summed E-state index contributed by atoms with van der Waals surface area (Å²) in [6, 6.07) is -0.497. The van der Waals surface area contributed by atoms with Crippen LogP contribution in [-0.2, 0) is 24.2 Å². The first-order valence-electron chi connectivity index (χ1n) is 5.27. The van der Waals surface area contributed by atoms with Gasteiger partial charge in [-0.1, -0.05) is 0 Å². The van der Waals surface area contributed by atoms with Gasteiger partial charge in [0.1, 0.15) is 5.70 Å².